The Kier molecular flexibility index (Phi) is 6.57. The second-order valence-electron chi connectivity index (χ2n) is 12.0. The summed E-state index contributed by atoms with van der Waals surface area (Å²) in [7, 11) is 0. The van der Waals surface area contributed by atoms with Gasteiger partial charge in [0.25, 0.3) is 0 Å². The molecule has 1 aliphatic rings. The van der Waals surface area contributed by atoms with Crippen LogP contribution in [0.2, 0.25) is 0 Å². The zero-order valence-corrected chi connectivity index (χ0v) is 22.1. The van der Waals surface area contributed by atoms with Gasteiger partial charge in [0.2, 0.25) is 0 Å². The van der Waals surface area contributed by atoms with Gasteiger partial charge in [-0.15, -0.1) is 0 Å². The maximum Gasteiger partial charge on any atom is 0.140 e. The summed E-state index contributed by atoms with van der Waals surface area (Å²) in [5, 5.41) is 0. The van der Waals surface area contributed by atoms with Gasteiger partial charge in [-0.2, -0.15) is 0 Å². The SMILES string of the molecule is CC(C)C1CCC(c2ccc(Cc3ccc(-c4ccc(C(C)(C)C)cc4)n4ccnc34)cc2)CC1. The molecule has 1 saturated carbocycles. The molecule has 0 bridgehead atoms. The van der Waals surface area contributed by atoms with E-state index in [1.54, 1.807) is 0 Å². The average molecular weight is 465 g/mol. The van der Waals surface area contributed by atoms with Crippen molar-refractivity contribution in [3.63, 3.8) is 0 Å². The molecule has 2 heteroatoms. The fourth-order valence-electron chi connectivity index (χ4n) is 5.83. The fraction of sp³-hybridized carbons (Fsp3) is 0.424. The van der Waals surface area contributed by atoms with Crippen molar-refractivity contribution in [2.24, 2.45) is 11.8 Å². The van der Waals surface area contributed by atoms with Gasteiger partial charge in [-0.05, 0) is 82.7 Å². The number of fused-ring (bicyclic) bond motifs is 1. The van der Waals surface area contributed by atoms with Gasteiger partial charge in [0.05, 0.1) is 5.69 Å². The van der Waals surface area contributed by atoms with Crippen molar-refractivity contribution < 1.29 is 0 Å². The van der Waals surface area contributed by atoms with Crippen LogP contribution in [-0.4, -0.2) is 9.38 Å². The van der Waals surface area contributed by atoms with E-state index in [2.05, 4.69) is 106 Å². The molecule has 0 atom stereocenters. The minimum absolute atomic E-state index is 0.162. The third kappa shape index (κ3) is 5.08. The van der Waals surface area contributed by atoms with Crippen LogP contribution in [0.25, 0.3) is 16.9 Å². The fourth-order valence-corrected chi connectivity index (χ4v) is 5.83. The summed E-state index contributed by atoms with van der Waals surface area (Å²) in [5.41, 5.74) is 9.14. The summed E-state index contributed by atoms with van der Waals surface area (Å²) in [4.78, 5) is 4.73. The highest BCUT2D eigenvalue weighted by Crippen LogP contribution is 2.38. The van der Waals surface area contributed by atoms with E-state index in [1.807, 2.05) is 6.20 Å². The van der Waals surface area contributed by atoms with Crippen molar-refractivity contribution in [3.8, 4) is 11.3 Å². The monoisotopic (exact) mass is 464 g/mol. The quantitative estimate of drug-likeness (QED) is 0.288. The summed E-state index contributed by atoms with van der Waals surface area (Å²) >= 11 is 0. The number of rotatable bonds is 5. The van der Waals surface area contributed by atoms with Crippen LogP contribution in [-0.2, 0) is 11.8 Å². The van der Waals surface area contributed by atoms with Crippen molar-refractivity contribution in [2.75, 3.05) is 0 Å². The number of benzene rings is 2. The Bertz CT molecular complexity index is 1260. The summed E-state index contributed by atoms with van der Waals surface area (Å²) in [5.74, 6) is 2.48. The summed E-state index contributed by atoms with van der Waals surface area (Å²) in [6.07, 6.45) is 10.4. The van der Waals surface area contributed by atoms with E-state index in [9.17, 15) is 0 Å². The molecule has 0 N–H and O–H groups in total. The number of nitrogens with zero attached hydrogens (tertiary/aromatic N) is 2. The van der Waals surface area contributed by atoms with Crippen LogP contribution in [0.3, 0.4) is 0 Å². The molecule has 0 aliphatic heterocycles. The number of hydrogen-bond donors (Lipinski definition) is 0. The minimum Gasteiger partial charge on any atom is -0.299 e. The standard InChI is InChI=1S/C33H40N2/c1-23(2)25-10-12-27(13-11-25)26-8-6-24(7-9-26)22-29-16-19-31(35-21-20-34-32(29)35)28-14-17-30(18-15-28)33(3,4)5/h6-9,14-21,23,25,27H,10-13,22H2,1-5H3. The zero-order valence-electron chi connectivity index (χ0n) is 22.1. The molecule has 0 spiro atoms. The first kappa shape index (κ1) is 23.9. The molecule has 2 aromatic heterocycles. The molecule has 0 unspecified atom stereocenters. The van der Waals surface area contributed by atoms with Gasteiger partial charge in [0.15, 0.2) is 0 Å². The lowest BCUT2D eigenvalue weighted by Gasteiger charge is -2.31. The molecule has 182 valence electrons. The van der Waals surface area contributed by atoms with E-state index in [1.165, 1.54) is 59.2 Å². The maximum atomic E-state index is 4.73. The predicted octanol–water partition coefficient (Wildman–Crippen LogP) is 8.82. The number of pyridine rings is 1. The Morgan fingerprint density at radius 3 is 2.17 bits per heavy atom. The van der Waals surface area contributed by atoms with Crippen molar-refractivity contribution in [3.05, 3.63) is 95.3 Å². The minimum atomic E-state index is 0.162. The average Bonchev–Trinajstić information content (AvgIpc) is 3.35. The second kappa shape index (κ2) is 9.64. The highest BCUT2D eigenvalue weighted by molar-refractivity contribution is 5.66. The van der Waals surface area contributed by atoms with Crippen LogP contribution in [0.1, 0.15) is 88.5 Å². The van der Waals surface area contributed by atoms with Gasteiger partial charge >= 0.3 is 0 Å². The molecular formula is C33H40N2. The molecule has 1 aliphatic carbocycles. The Morgan fingerprint density at radius 1 is 0.857 bits per heavy atom. The van der Waals surface area contributed by atoms with Crippen molar-refractivity contribution in [1.29, 1.82) is 0 Å². The summed E-state index contributed by atoms with van der Waals surface area (Å²) in [6, 6.07) is 22.9. The lowest BCUT2D eigenvalue weighted by molar-refractivity contribution is 0.259. The molecule has 0 radical (unpaired) electrons. The summed E-state index contributed by atoms with van der Waals surface area (Å²) in [6.45, 7) is 11.5. The molecule has 5 rings (SSSR count). The normalized spacial score (nSPS) is 18.9. The lowest BCUT2D eigenvalue weighted by Crippen LogP contribution is -2.17. The lowest BCUT2D eigenvalue weighted by atomic mass is 9.75. The van der Waals surface area contributed by atoms with E-state index in [0.29, 0.717) is 0 Å². The molecule has 0 amide bonds. The Balaban J connectivity index is 1.33. The summed E-state index contributed by atoms with van der Waals surface area (Å²) < 4.78 is 2.24. The molecule has 2 heterocycles. The topological polar surface area (TPSA) is 17.3 Å². The first-order chi connectivity index (χ1) is 16.8. The Hall–Kier alpha value is -2.87. The van der Waals surface area contributed by atoms with Crippen LogP contribution >= 0.6 is 0 Å². The van der Waals surface area contributed by atoms with Gasteiger partial charge in [-0.1, -0.05) is 89.2 Å². The van der Waals surface area contributed by atoms with Crippen LogP contribution in [0.4, 0.5) is 0 Å². The van der Waals surface area contributed by atoms with Gasteiger partial charge in [0.1, 0.15) is 5.65 Å². The highest BCUT2D eigenvalue weighted by atomic mass is 15.0. The van der Waals surface area contributed by atoms with E-state index >= 15 is 0 Å². The van der Waals surface area contributed by atoms with Gasteiger partial charge in [0, 0.05) is 18.8 Å². The molecular weight excluding hydrogens is 424 g/mol. The molecule has 2 aromatic carbocycles. The van der Waals surface area contributed by atoms with Gasteiger partial charge in [-0.25, -0.2) is 4.98 Å². The second-order valence-corrected chi connectivity index (χ2v) is 12.0. The Morgan fingerprint density at radius 2 is 1.54 bits per heavy atom. The first-order valence-electron chi connectivity index (χ1n) is 13.4. The third-order valence-electron chi connectivity index (χ3n) is 8.24. The Labute approximate surface area is 211 Å². The van der Waals surface area contributed by atoms with Gasteiger partial charge in [-0.3, -0.25) is 4.40 Å². The first-order valence-corrected chi connectivity index (χ1v) is 13.4. The zero-order chi connectivity index (χ0) is 24.6. The molecule has 0 saturated heterocycles. The number of imidazole rings is 1. The van der Waals surface area contributed by atoms with Crippen LogP contribution in [0.15, 0.2) is 73.1 Å². The highest BCUT2D eigenvalue weighted by Gasteiger charge is 2.24. The van der Waals surface area contributed by atoms with Crippen molar-refractivity contribution in [2.45, 2.75) is 78.1 Å². The smallest absolute Gasteiger partial charge is 0.140 e. The largest absolute Gasteiger partial charge is 0.299 e. The van der Waals surface area contributed by atoms with E-state index in [4.69, 9.17) is 4.98 Å². The van der Waals surface area contributed by atoms with E-state index in [-0.39, 0.29) is 5.41 Å². The van der Waals surface area contributed by atoms with Crippen LogP contribution in [0.5, 0.6) is 0 Å². The van der Waals surface area contributed by atoms with Crippen molar-refractivity contribution >= 4 is 5.65 Å². The number of aromatic nitrogens is 2. The third-order valence-corrected chi connectivity index (χ3v) is 8.24. The van der Waals surface area contributed by atoms with Crippen LogP contribution in [0, 0.1) is 11.8 Å². The number of hydrogen-bond acceptors (Lipinski definition) is 1. The maximum absolute atomic E-state index is 4.73. The predicted molar refractivity (Wildman–Crippen MR) is 148 cm³/mol. The van der Waals surface area contributed by atoms with E-state index in [0.717, 1.165) is 29.8 Å². The van der Waals surface area contributed by atoms with Crippen molar-refractivity contribution in [1.82, 2.24) is 9.38 Å². The van der Waals surface area contributed by atoms with Crippen LogP contribution < -0.4 is 0 Å². The van der Waals surface area contributed by atoms with E-state index < -0.39 is 0 Å². The molecule has 2 nitrogen and oxygen atoms in total. The molecule has 4 aromatic rings. The molecule has 35 heavy (non-hydrogen) atoms. The molecule has 1 fully saturated rings. The van der Waals surface area contributed by atoms with Gasteiger partial charge < -0.3 is 0 Å².